The van der Waals surface area contributed by atoms with Crippen LogP contribution in [0.5, 0.6) is 0 Å². The maximum Gasteiger partial charge on any atom is 0.314 e. The van der Waals surface area contributed by atoms with Gasteiger partial charge >= 0.3 is 11.1 Å². The van der Waals surface area contributed by atoms with Crippen LogP contribution in [0, 0.1) is 0 Å². The van der Waals surface area contributed by atoms with Gasteiger partial charge in [-0.1, -0.05) is 0 Å². The number of halogens is 1. The number of rotatable bonds is 1. The number of aromatic amines is 2. The Morgan fingerprint density at radius 3 is 2.53 bits per heavy atom. The van der Waals surface area contributed by atoms with E-state index in [4.69, 9.17) is 0 Å². The average molecular weight is 287 g/mol. The minimum Gasteiger partial charge on any atom is -0.315 e. The molecule has 2 aromatic heterocycles. The van der Waals surface area contributed by atoms with Gasteiger partial charge in [-0.05, 0) is 34.7 Å². The van der Waals surface area contributed by atoms with E-state index in [0.717, 1.165) is 32.5 Å². The van der Waals surface area contributed by atoms with Crippen LogP contribution in [0.4, 0.5) is 0 Å². The molecule has 0 unspecified atom stereocenters. The minimum atomic E-state index is -0.585. The van der Waals surface area contributed by atoms with Crippen molar-refractivity contribution in [2.24, 2.45) is 0 Å². The van der Waals surface area contributed by atoms with Crippen molar-refractivity contribution in [1.82, 2.24) is 9.97 Å². The van der Waals surface area contributed by atoms with Crippen molar-refractivity contribution in [3.63, 3.8) is 0 Å². The molecule has 15 heavy (non-hydrogen) atoms. The first-order chi connectivity index (χ1) is 7.16. The fraction of sp³-hybridized carbons (Fsp3) is 0.333. The van der Waals surface area contributed by atoms with Gasteiger partial charge in [0.1, 0.15) is 4.83 Å². The van der Waals surface area contributed by atoms with E-state index in [0.29, 0.717) is 5.92 Å². The van der Waals surface area contributed by atoms with E-state index in [1.54, 1.807) is 0 Å². The summed E-state index contributed by atoms with van der Waals surface area (Å²) in [5.74, 6) is 0.537. The smallest absolute Gasteiger partial charge is 0.314 e. The Morgan fingerprint density at radius 1 is 1.20 bits per heavy atom. The van der Waals surface area contributed by atoms with E-state index < -0.39 is 11.1 Å². The van der Waals surface area contributed by atoms with E-state index in [-0.39, 0.29) is 0 Å². The second-order valence-electron chi connectivity index (χ2n) is 3.68. The highest BCUT2D eigenvalue weighted by Gasteiger charge is 2.29. The number of aromatic nitrogens is 2. The Balaban J connectivity index is 2.44. The van der Waals surface area contributed by atoms with Crippen molar-refractivity contribution in [2.45, 2.75) is 18.8 Å². The number of hydrogen-bond acceptors (Lipinski definition) is 3. The van der Waals surface area contributed by atoms with Gasteiger partial charge in [-0.2, -0.15) is 0 Å². The summed E-state index contributed by atoms with van der Waals surface area (Å²) < 4.78 is 1.01. The van der Waals surface area contributed by atoms with Crippen molar-refractivity contribution in [2.75, 3.05) is 0 Å². The number of nitrogens with one attached hydrogen (secondary N) is 2. The monoisotopic (exact) mass is 286 g/mol. The Kier molecular flexibility index (Phi) is 1.90. The lowest BCUT2D eigenvalue weighted by molar-refractivity contribution is 1.10. The third-order valence-electron chi connectivity index (χ3n) is 2.56. The molecule has 0 radical (unpaired) electrons. The Labute approximate surface area is 96.5 Å². The summed E-state index contributed by atoms with van der Waals surface area (Å²) in [6, 6.07) is 0. The predicted molar refractivity (Wildman–Crippen MR) is 62.7 cm³/mol. The lowest BCUT2D eigenvalue weighted by atomic mass is 10.2. The van der Waals surface area contributed by atoms with Gasteiger partial charge in [0.2, 0.25) is 0 Å². The van der Waals surface area contributed by atoms with Gasteiger partial charge in [0.25, 0.3) is 0 Å². The summed E-state index contributed by atoms with van der Waals surface area (Å²) in [7, 11) is 0. The number of hydrogen-bond donors (Lipinski definition) is 2. The second kappa shape index (κ2) is 3.05. The maximum absolute atomic E-state index is 11.2. The van der Waals surface area contributed by atoms with Gasteiger partial charge in [0.15, 0.2) is 0 Å². The molecule has 3 rings (SSSR count). The summed E-state index contributed by atoms with van der Waals surface area (Å²) in [5, 5.41) is 0. The molecular formula is C9H7BrN2O2S. The van der Waals surface area contributed by atoms with Crippen LogP contribution >= 0.6 is 27.3 Å². The topological polar surface area (TPSA) is 65.7 Å². The molecule has 0 saturated heterocycles. The fourth-order valence-corrected chi connectivity index (χ4v) is 3.67. The molecule has 0 atom stereocenters. The number of H-pyrrole nitrogens is 2. The highest BCUT2D eigenvalue weighted by molar-refractivity contribution is 9.11. The standard InChI is InChI=1S/C9H7BrN2O2S/c10-6-4(3-1-2-3)5-9(15-6)12-8(14)7(13)11-5/h3H,1-2H2,(H,11,13)(H,12,14). The number of fused-ring (bicyclic) bond motifs is 1. The average Bonchev–Trinajstić information content (AvgIpc) is 2.93. The molecule has 1 aliphatic carbocycles. The number of thiophene rings is 1. The van der Waals surface area contributed by atoms with Crippen LogP contribution in [0.15, 0.2) is 13.4 Å². The second-order valence-corrected chi connectivity index (χ2v) is 6.01. The lowest BCUT2D eigenvalue weighted by Gasteiger charge is -1.95. The fourth-order valence-electron chi connectivity index (χ4n) is 1.70. The van der Waals surface area contributed by atoms with E-state index >= 15 is 0 Å². The molecule has 4 nitrogen and oxygen atoms in total. The first-order valence-corrected chi connectivity index (χ1v) is 6.22. The predicted octanol–water partition coefficient (Wildman–Crippen LogP) is 1.92. The van der Waals surface area contributed by atoms with Crippen molar-refractivity contribution >= 4 is 37.6 Å². The van der Waals surface area contributed by atoms with Crippen molar-refractivity contribution in [3.05, 3.63) is 30.1 Å². The van der Waals surface area contributed by atoms with Gasteiger partial charge < -0.3 is 9.97 Å². The third-order valence-corrected chi connectivity index (χ3v) is 4.38. The van der Waals surface area contributed by atoms with Crippen LogP contribution < -0.4 is 11.1 Å². The van der Waals surface area contributed by atoms with Crippen LogP contribution in [0.1, 0.15) is 24.3 Å². The normalized spacial score (nSPS) is 16.1. The highest BCUT2D eigenvalue weighted by Crippen LogP contribution is 2.48. The summed E-state index contributed by atoms with van der Waals surface area (Å²) in [5.41, 5.74) is 0.774. The van der Waals surface area contributed by atoms with Crippen LogP contribution in [0.25, 0.3) is 10.3 Å². The van der Waals surface area contributed by atoms with Gasteiger partial charge in [-0.3, -0.25) is 9.59 Å². The summed E-state index contributed by atoms with van der Waals surface area (Å²) in [6.45, 7) is 0. The quantitative estimate of drug-likeness (QED) is 0.787. The molecule has 2 aromatic rings. The van der Waals surface area contributed by atoms with Gasteiger partial charge in [-0.25, -0.2) is 0 Å². The maximum atomic E-state index is 11.2. The molecular weight excluding hydrogens is 280 g/mol. The lowest BCUT2D eigenvalue weighted by Crippen LogP contribution is -2.28. The van der Waals surface area contributed by atoms with E-state index in [1.165, 1.54) is 11.3 Å². The molecule has 2 N–H and O–H groups in total. The molecule has 0 aliphatic heterocycles. The van der Waals surface area contributed by atoms with Crippen LogP contribution in [0.2, 0.25) is 0 Å². The molecule has 0 amide bonds. The third kappa shape index (κ3) is 1.39. The van der Waals surface area contributed by atoms with Crippen molar-refractivity contribution < 1.29 is 0 Å². The van der Waals surface area contributed by atoms with Gasteiger partial charge in [0.05, 0.1) is 9.30 Å². The van der Waals surface area contributed by atoms with Gasteiger partial charge in [0, 0.05) is 5.56 Å². The van der Waals surface area contributed by atoms with E-state index in [2.05, 4.69) is 25.9 Å². The Hall–Kier alpha value is -0.880. The molecule has 1 saturated carbocycles. The largest absolute Gasteiger partial charge is 0.315 e. The van der Waals surface area contributed by atoms with Crippen LogP contribution in [-0.2, 0) is 0 Å². The van der Waals surface area contributed by atoms with Crippen molar-refractivity contribution in [1.29, 1.82) is 0 Å². The molecule has 0 aromatic carbocycles. The summed E-state index contributed by atoms with van der Waals surface area (Å²) >= 11 is 4.93. The van der Waals surface area contributed by atoms with E-state index in [9.17, 15) is 9.59 Å². The minimum absolute atomic E-state index is 0.537. The first kappa shape index (κ1) is 9.35. The molecule has 6 heteroatoms. The van der Waals surface area contributed by atoms with E-state index in [1.807, 2.05) is 0 Å². The Morgan fingerprint density at radius 2 is 1.87 bits per heavy atom. The van der Waals surface area contributed by atoms with Crippen molar-refractivity contribution in [3.8, 4) is 0 Å². The highest BCUT2D eigenvalue weighted by atomic mass is 79.9. The summed E-state index contributed by atoms with van der Waals surface area (Å²) in [6.07, 6.45) is 2.32. The zero-order valence-corrected chi connectivity index (χ0v) is 10.00. The van der Waals surface area contributed by atoms with Gasteiger partial charge in [-0.15, -0.1) is 11.3 Å². The summed E-state index contributed by atoms with van der Waals surface area (Å²) in [4.78, 5) is 28.3. The van der Waals surface area contributed by atoms with Crippen LogP contribution in [0.3, 0.4) is 0 Å². The molecule has 0 spiro atoms. The molecule has 0 bridgehead atoms. The Bertz CT molecular complexity index is 650. The zero-order valence-electron chi connectivity index (χ0n) is 7.59. The molecule has 2 heterocycles. The SMILES string of the molecule is O=c1[nH]c2sc(Br)c(C3CC3)c2[nH]c1=O. The molecule has 78 valence electrons. The molecule has 1 aliphatic rings. The first-order valence-electron chi connectivity index (χ1n) is 4.61. The van der Waals surface area contributed by atoms with Crippen LogP contribution in [-0.4, -0.2) is 9.97 Å². The molecule has 1 fully saturated rings. The zero-order chi connectivity index (χ0) is 10.6.